The van der Waals surface area contributed by atoms with E-state index in [2.05, 4.69) is 5.43 Å². The van der Waals surface area contributed by atoms with Gasteiger partial charge in [-0.2, -0.15) is 0 Å². The topological polar surface area (TPSA) is 78.5 Å². The summed E-state index contributed by atoms with van der Waals surface area (Å²) in [5.41, 5.74) is 3.95. The van der Waals surface area contributed by atoms with Crippen molar-refractivity contribution in [3.05, 3.63) is 23.3 Å². The first-order valence-electron chi connectivity index (χ1n) is 4.16. The van der Waals surface area contributed by atoms with Crippen LogP contribution >= 0.6 is 0 Å². The largest absolute Gasteiger partial charge is 0.508 e. The number of phenolic OH excluding ortho intramolecular Hbond substituents is 2. The van der Waals surface area contributed by atoms with Gasteiger partial charge in [-0.3, -0.25) is 11.3 Å². The second kappa shape index (κ2) is 4.11. The van der Waals surface area contributed by atoms with Gasteiger partial charge in [0.1, 0.15) is 11.5 Å². The molecule has 0 aliphatic rings. The van der Waals surface area contributed by atoms with Crippen molar-refractivity contribution in [2.75, 3.05) is 0 Å². The van der Waals surface area contributed by atoms with E-state index in [0.717, 1.165) is 12.0 Å². The molecule has 4 heteroatoms. The molecule has 0 heterocycles. The molecule has 0 saturated heterocycles. The van der Waals surface area contributed by atoms with Gasteiger partial charge in [-0.15, -0.1) is 0 Å². The van der Waals surface area contributed by atoms with Crippen LogP contribution in [0.4, 0.5) is 0 Å². The van der Waals surface area contributed by atoms with Crippen molar-refractivity contribution in [2.24, 2.45) is 5.84 Å². The minimum atomic E-state index is 0.0626. The Hall–Kier alpha value is -1.26. The highest BCUT2D eigenvalue weighted by Crippen LogP contribution is 2.27. The van der Waals surface area contributed by atoms with E-state index in [1.165, 1.54) is 6.07 Å². The van der Waals surface area contributed by atoms with E-state index in [4.69, 9.17) is 5.84 Å². The number of phenols is 2. The van der Waals surface area contributed by atoms with E-state index in [1.54, 1.807) is 6.07 Å². The minimum absolute atomic E-state index is 0.0626. The first-order chi connectivity index (χ1) is 6.19. The van der Waals surface area contributed by atoms with E-state index in [0.29, 0.717) is 12.1 Å². The smallest absolute Gasteiger partial charge is 0.123 e. The number of hydrogen-bond donors (Lipinski definition) is 4. The van der Waals surface area contributed by atoms with Gasteiger partial charge in [-0.25, -0.2) is 0 Å². The number of nitrogens with two attached hydrogens (primary N) is 1. The molecule has 1 aromatic rings. The van der Waals surface area contributed by atoms with Crippen LogP contribution in [0.15, 0.2) is 12.1 Å². The summed E-state index contributed by atoms with van der Waals surface area (Å²) >= 11 is 0. The molecule has 4 nitrogen and oxygen atoms in total. The minimum Gasteiger partial charge on any atom is -0.508 e. The molecule has 0 radical (unpaired) electrons. The van der Waals surface area contributed by atoms with Crippen molar-refractivity contribution in [3.63, 3.8) is 0 Å². The second-order valence-electron chi connectivity index (χ2n) is 2.84. The Balaban J connectivity index is 3.06. The molecule has 0 atom stereocenters. The van der Waals surface area contributed by atoms with E-state index in [1.807, 2.05) is 6.92 Å². The van der Waals surface area contributed by atoms with Crippen LogP contribution in [0.3, 0.4) is 0 Å². The van der Waals surface area contributed by atoms with Crippen LogP contribution in [0.25, 0.3) is 0 Å². The standard InChI is InChI=1S/C9H14N2O2/c1-2-6-3-7(5-11-10)9(13)4-8(6)12/h3-4,11-13H,2,5,10H2,1H3. The average Bonchev–Trinajstić information content (AvgIpc) is 2.10. The SMILES string of the molecule is CCc1cc(CNN)c(O)cc1O. The molecule has 1 aromatic carbocycles. The quantitative estimate of drug-likeness (QED) is 0.408. The number of hydrogen-bond acceptors (Lipinski definition) is 4. The van der Waals surface area contributed by atoms with Crippen molar-refractivity contribution < 1.29 is 10.2 Å². The summed E-state index contributed by atoms with van der Waals surface area (Å²) in [6.07, 6.45) is 0.726. The highest BCUT2D eigenvalue weighted by Gasteiger charge is 2.06. The molecule has 0 aromatic heterocycles. The number of benzene rings is 1. The fourth-order valence-electron chi connectivity index (χ4n) is 1.21. The Kier molecular flexibility index (Phi) is 3.11. The number of aromatic hydroxyl groups is 2. The maximum absolute atomic E-state index is 9.39. The number of rotatable bonds is 3. The third-order valence-corrected chi connectivity index (χ3v) is 1.95. The van der Waals surface area contributed by atoms with Gasteiger partial charge in [-0.1, -0.05) is 6.92 Å². The summed E-state index contributed by atoms with van der Waals surface area (Å²) in [4.78, 5) is 0. The van der Waals surface area contributed by atoms with Crippen LogP contribution < -0.4 is 11.3 Å². The molecule has 0 spiro atoms. The number of hydrazine groups is 1. The van der Waals surface area contributed by atoms with Crippen molar-refractivity contribution >= 4 is 0 Å². The maximum atomic E-state index is 9.39. The van der Waals surface area contributed by atoms with Crippen LogP contribution in [0, 0.1) is 0 Å². The van der Waals surface area contributed by atoms with Crippen LogP contribution in [-0.2, 0) is 13.0 Å². The lowest BCUT2D eigenvalue weighted by molar-refractivity contribution is 0.440. The Morgan fingerprint density at radius 1 is 1.23 bits per heavy atom. The first kappa shape index (κ1) is 9.83. The van der Waals surface area contributed by atoms with Crippen molar-refractivity contribution in [1.82, 2.24) is 5.43 Å². The van der Waals surface area contributed by atoms with Crippen LogP contribution in [0.5, 0.6) is 11.5 Å². The summed E-state index contributed by atoms with van der Waals surface area (Å²) in [5.74, 6) is 5.32. The highest BCUT2D eigenvalue weighted by molar-refractivity contribution is 5.45. The molecule has 72 valence electrons. The Morgan fingerprint density at radius 2 is 1.85 bits per heavy atom. The molecule has 0 aliphatic carbocycles. The zero-order chi connectivity index (χ0) is 9.84. The third kappa shape index (κ3) is 2.11. The van der Waals surface area contributed by atoms with E-state index in [-0.39, 0.29) is 11.5 Å². The molecular weight excluding hydrogens is 168 g/mol. The lowest BCUT2D eigenvalue weighted by atomic mass is 10.1. The summed E-state index contributed by atoms with van der Waals surface area (Å²) in [5, 5.41) is 18.8. The van der Waals surface area contributed by atoms with Crippen LogP contribution in [-0.4, -0.2) is 10.2 Å². The Bertz CT molecular complexity index is 300. The normalized spacial score (nSPS) is 10.3. The van der Waals surface area contributed by atoms with Crippen LogP contribution in [0.2, 0.25) is 0 Å². The molecule has 0 amide bonds. The van der Waals surface area contributed by atoms with Gasteiger partial charge in [0.05, 0.1) is 0 Å². The number of nitrogens with one attached hydrogen (secondary N) is 1. The van der Waals surface area contributed by atoms with Crippen molar-refractivity contribution in [3.8, 4) is 11.5 Å². The second-order valence-corrected chi connectivity index (χ2v) is 2.84. The fourth-order valence-corrected chi connectivity index (χ4v) is 1.21. The molecule has 0 aliphatic heterocycles. The van der Waals surface area contributed by atoms with Crippen molar-refractivity contribution in [2.45, 2.75) is 19.9 Å². The van der Waals surface area contributed by atoms with Gasteiger partial charge in [0.25, 0.3) is 0 Å². The third-order valence-electron chi connectivity index (χ3n) is 1.95. The highest BCUT2D eigenvalue weighted by atomic mass is 16.3. The zero-order valence-corrected chi connectivity index (χ0v) is 7.54. The lowest BCUT2D eigenvalue weighted by Crippen LogP contribution is -2.20. The number of aryl methyl sites for hydroxylation is 1. The molecule has 13 heavy (non-hydrogen) atoms. The Labute approximate surface area is 77.0 Å². The zero-order valence-electron chi connectivity index (χ0n) is 7.54. The molecule has 0 unspecified atom stereocenters. The van der Waals surface area contributed by atoms with Crippen molar-refractivity contribution in [1.29, 1.82) is 0 Å². The van der Waals surface area contributed by atoms with Gasteiger partial charge in [0.15, 0.2) is 0 Å². The van der Waals surface area contributed by atoms with Gasteiger partial charge < -0.3 is 10.2 Å². The van der Waals surface area contributed by atoms with Gasteiger partial charge in [0.2, 0.25) is 0 Å². The fraction of sp³-hybridized carbons (Fsp3) is 0.333. The first-order valence-corrected chi connectivity index (χ1v) is 4.16. The van der Waals surface area contributed by atoms with Gasteiger partial charge in [0, 0.05) is 18.2 Å². The summed E-state index contributed by atoms with van der Waals surface area (Å²) in [6, 6.07) is 3.08. The predicted octanol–water partition coefficient (Wildman–Crippen LogP) is 0.623. The molecule has 0 saturated carbocycles. The predicted molar refractivity (Wildman–Crippen MR) is 50.2 cm³/mol. The molecule has 0 bridgehead atoms. The van der Waals surface area contributed by atoms with Gasteiger partial charge >= 0.3 is 0 Å². The van der Waals surface area contributed by atoms with Gasteiger partial charge in [-0.05, 0) is 18.1 Å². The van der Waals surface area contributed by atoms with E-state index in [9.17, 15) is 10.2 Å². The summed E-state index contributed by atoms with van der Waals surface area (Å²) in [6.45, 7) is 2.32. The Morgan fingerprint density at radius 3 is 2.38 bits per heavy atom. The monoisotopic (exact) mass is 182 g/mol. The summed E-state index contributed by atoms with van der Waals surface area (Å²) < 4.78 is 0. The summed E-state index contributed by atoms with van der Waals surface area (Å²) in [7, 11) is 0. The van der Waals surface area contributed by atoms with E-state index >= 15 is 0 Å². The molecule has 0 fully saturated rings. The maximum Gasteiger partial charge on any atom is 0.123 e. The van der Waals surface area contributed by atoms with E-state index < -0.39 is 0 Å². The van der Waals surface area contributed by atoms with Crippen LogP contribution in [0.1, 0.15) is 18.1 Å². The molecular formula is C9H14N2O2. The average molecular weight is 182 g/mol. The molecule has 5 N–H and O–H groups in total. The molecule has 1 rings (SSSR count). The lowest BCUT2D eigenvalue weighted by Gasteiger charge is -2.08.